The van der Waals surface area contributed by atoms with Gasteiger partial charge < -0.3 is 14.9 Å². The van der Waals surface area contributed by atoms with E-state index in [-0.39, 0.29) is 11.9 Å². The minimum Gasteiger partial charge on any atom is -0.387 e. The molecule has 23 heavy (non-hydrogen) atoms. The Morgan fingerprint density at radius 1 is 1.39 bits per heavy atom. The number of carbonyl (C=O) groups is 1. The molecule has 2 aliphatic rings. The van der Waals surface area contributed by atoms with Crippen LogP contribution in [0.2, 0.25) is 0 Å². The molecular weight excluding hydrogens is 288 g/mol. The highest BCUT2D eigenvalue weighted by molar-refractivity contribution is 5.94. The minimum atomic E-state index is -0.452. The molecule has 4 nitrogen and oxygen atoms in total. The summed E-state index contributed by atoms with van der Waals surface area (Å²) in [5.74, 6) is 0.813. The zero-order chi connectivity index (χ0) is 16.6. The zero-order valence-electron chi connectivity index (χ0n) is 14.5. The molecule has 3 rings (SSSR count). The Bertz CT molecular complexity index is 587. The molecule has 1 N–H and O–H groups in total. The number of amides is 1. The number of aliphatic hydroxyl groups excluding tert-OH is 1. The van der Waals surface area contributed by atoms with Gasteiger partial charge in [0.05, 0.1) is 6.10 Å². The van der Waals surface area contributed by atoms with E-state index in [1.54, 1.807) is 6.92 Å². The van der Waals surface area contributed by atoms with Crippen LogP contribution in [0.25, 0.3) is 0 Å². The van der Waals surface area contributed by atoms with Crippen LogP contribution < -0.4 is 4.90 Å². The van der Waals surface area contributed by atoms with Crippen molar-refractivity contribution >= 4 is 11.6 Å². The molecule has 126 valence electrons. The summed E-state index contributed by atoms with van der Waals surface area (Å²) in [5, 5.41) is 10.6. The number of β-amino-alcohol motifs (C(OH)–C–C–N with tert-alkyl or cyclic N) is 1. The molecule has 1 aromatic rings. The van der Waals surface area contributed by atoms with E-state index in [1.807, 2.05) is 17.0 Å². The van der Waals surface area contributed by atoms with E-state index in [0.717, 1.165) is 36.7 Å². The first-order valence-corrected chi connectivity index (χ1v) is 8.78. The average Bonchev–Trinajstić information content (AvgIpc) is 2.82. The average molecular weight is 316 g/mol. The normalized spacial score (nSPS) is 26.2. The van der Waals surface area contributed by atoms with Gasteiger partial charge in [0, 0.05) is 31.7 Å². The van der Waals surface area contributed by atoms with Crippen molar-refractivity contribution in [2.75, 3.05) is 24.5 Å². The summed E-state index contributed by atoms with van der Waals surface area (Å²) < 4.78 is 0. The highest BCUT2D eigenvalue weighted by Gasteiger charge is 2.29. The largest absolute Gasteiger partial charge is 0.387 e. The van der Waals surface area contributed by atoms with Crippen LogP contribution in [0.15, 0.2) is 18.2 Å². The van der Waals surface area contributed by atoms with E-state index in [2.05, 4.69) is 24.8 Å². The third kappa shape index (κ3) is 3.43. The highest BCUT2D eigenvalue weighted by Crippen LogP contribution is 2.34. The Morgan fingerprint density at radius 2 is 2.17 bits per heavy atom. The van der Waals surface area contributed by atoms with Gasteiger partial charge in [0.1, 0.15) is 0 Å². The number of hydrogen-bond donors (Lipinski definition) is 1. The van der Waals surface area contributed by atoms with Crippen molar-refractivity contribution in [3.63, 3.8) is 0 Å². The molecule has 2 aliphatic heterocycles. The van der Waals surface area contributed by atoms with Gasteiger partial charge in [-0.05, 0) is 55.8 Å². The van der Waals surface area contributed by atoms with Gasteiger partial charge in [-0.2, -0.15) is 0 Å². The van der Waals surface area contributed by atoms with Crippen LogP contribution in [-0.4, -0.2) is 41.6 Å². The first-order chi connectivity index (χ1) is 11.0. The van der Waals surface area contributed by atoms with Crippen molar-refractivity contribution in [1.82, 2.24) is 4.90 Å². The van der Waals surface area contributed by atoms with Crippen LogP contribution in [-0.2, 0) is 11.2 Å². The molecule has 0 spiro atoms. The lowest BCUT2D eigenvalue weighted by Gasteiger charge is -2.32. The summed E-state index contributed by atoms with van der Waals surface area (Å²) in [6, 6.07) is 6.27. The summed E-state index contributed by atoms with van der Waals surface area (Å²) in [7, 11) is 0. The van der Waals surface area contributed by atoms with Gasteiger partial charge in [-0.25, -0.2) is 0 Å². The molecule has 1 saturated heterocycles. The number of benzene rings is 1. The number of fused-ring (bicyclic) bond motifs is 1. The molecule has 3 atom stereocenters. The van der Waals surface area contributed by atoms with E-state index in [1.165, 1.54) is 18.4 Å². The molecule has 0 saturated carbocycles. The molecule has 0 radical (unpaired) electrons. The topological polar surface area (TPSA) is 43.8 Å². The maximum absolute atomic E-state index is 11.8. The van der Waals surface area contributed by atoms with E-state index in [9.17, 15) is 9.90 Å². The maximum Gasteiger partial charge on any atom is 0.224 e. The smallest absolute Gasteiger partial charge is 0.224 e. The second-order valence-corrected chi connectivity index (χ2v) is 7.35. The summed E-state index contributed by atoms with van der Waals surface area (Å²) in [5.41, 5.74) is 3.16. The minimum absolute atomic E-state index is 0.0897. The van der Waals surface area contributed by atoms with Crippen LogP contribution >= 0.6 is 0 Å². The summed E-state index contributed by atoms with van der Waals surface area (Å²) >= 11 is 0. The SMILES string of the molecule is CC(=O)N1c2ccc([C@H](O)CN3CCC[C@H](C)C3)cc2C[C@@H]1C. The van der Waals surface area contributed by atoms with E-state index in [4.69, 9.17) is 0 Å². The maximum atomic E-state index is 11.8. The zero-order valence-corrected chi connectivity index (χ0v) is 14.5. The number of rotatable bonds is 3. The van der Waals surface area contributed by atoms with Gasteiger partial charge in [0.25, 0.3) is 0 Å². The molecule has 0 bridgehead atoms. The Morgan fingerprint density at radius 3 is 2.87 bits per heavy atom. The monoisotopic (exact) mass is 316 g/mol. The van der Waals surface area contributed by atoms with Crippen molar-refractivity contribution < 1.29 is 9.90 Å². The molecule has 0 unspecified atom stereocenters. The van der Waals surface area contributed by atoms with E-state index in [0.29, 0.717) is 6.54 Å². The third-order valence-electron chi connectivity index (χ3n) is 5.22. The predicted molar refractivity (Wildman–Crippen MR) is 92.6 cm³/mol. The number of nitrogens with zero attached hydrogens (tertiary/aromatic N) is 2. The van der Waals surface area contributed by atoms with Crippen molar-refractivity contribution in [3.05, 3.63) is 29.3 Å². The van der Waals surface area contributed by atoms with Crippen molar-refractivity contribution in [1.29, 1.82) is 0 Å². The quantitative estimate of drug-likeness (QED) is 0.932. The summed E-state index contributed by atoms with van der Waals surface area (Å²) in [6.07, 6.45) is 2.94. The lowest BCUT2D eigenvalue weighted by molar-refractivity contribution is -0.116. The second kappa shape index (κ2) is 6.62. The molecule has 1 amide bonds. The standard InChI is InChI=1S/C19H28N2O2/c1-13-5-4-8-20(11-13)12-19(23)16-6-7-18-17(10-16)9-14(2)21(18)15(3)22/h6-7,10,13-14,19,23H,4-5,8-9,11-12H2,1-3H3/t13-,14-,19+/m0/s1. The fourth-order valence-corrected chi connectivity index (χ4v) is 4.14. The third-order valence-corrected chi connectivity index (χ3v) is 5.22. The van der Waals surface area contributed by atoms with Crippen molar-refractivity contribution in [2.45, 2.75) is 52.2 Å². The lowest BCUT2D eigenvalue weighted by Crippen LogP contribution is -2.37. The Labute approximate surface area is 139 Å². The number of piperidine rings is 1. The summed E-state index contributed by atoms with van der Waals surface area (Å²) in [6.45, 7) is 8.85. The van der Waals surface area contributed by atoms with Gasteiger partial charge in [-0.1, -0.05) is 19.1 Å². The number of hydrogen-bond acceptors (Lipinski definition) is 3. The Balaban J connectivity index is 1.72. The van der Waals surface area contributed by atoms with Gasteiger partial charge in [0.15, 0.2) is 0 Å². The van der Waals surface area contributed by atoms with Crippen molar-refractivity contribution in [2.24, 2.45) is 5.92 Å². The number of aliphatic hydroxyl groups is 1. The first kappa shape index (κ1) is 16.5. The molecule has 0 aliphatic carbocycles. The molecule has 0 aromatic heterocycles. The molecule has 1 fully saturated rings. The van der Waals surface area contributed by atoms with Crippen LogP contribution in [0.1, 0.15) is 50.8 Å². The fraction of sp³-hybridized carbons (Fsp3) is 0.632. The predicted octanol–water partition coefficient (Wildman–Crippen LogP) is 2.75. The van der Waals surface area contributed by atoms with E-state index >= 15 is 0 Å². The van der Waals surface area contributed by atoms with Crippen molar-refractivity contribution in [3.8, 4) is 0 Å². The van der Waals surface area contributed by atoms with Crippen LogP contribution in [0.5, 0.6) is 0 Å². The lowest BCUT2D eigenvalue weighted by atomic mass is 9.98. The molecule has 4 heteroatoms. The number of likely N-dealkylation sites (tertiary alicyclic amines) is 1. The number of anilines is 1. The Hall–Kier alpha value is -1.39. The van der Waals surface area contributed by atoms with Gasteiger partial charge >= 0.3 is 0 Å². The van der Waals surface area contributed by atoms with Crippen LogP contribution in [0, 0.1) is 5.92 Å². The molecular formula is C19H28N2O2. The van der Waals surface area contributed by atoms with E-state index < -0.39 is 6.10 Å². The van der Waals surface area contributed by atoms with Gasteiger partial charge in [-0.3, -0.25) is 4.79 Å². The van der Waals surface area contributed by atoms with Gasteiger partial charge in [-0.15, -0.1) is 0 Å². The Kier molecular flexibility index (Phi) is 4.74. The molecule has 2 heterocycles. The highest BCUT2D eigenvalue weighted by atomic mass is 16.3. The second-order valence-electron chi connectivity index (χ2n) is 7.35. The fourth-order valence-electron chi connectivity index (χ4n) is 4.14. The van der Waals surface area contributed by atoms with Crippen LogP contribution in [0.4, 0.5) is 5.69 Å². The summed E-state index contributed by atoms with van der Waals surface area (Å²) in [4.78, 5) is 16.0. The first-order valence-electron chi connectivity index (χ1n) is 8.78. The number of carbonyl (C=O) groups excluding carboxylic acids is 1. The molecule has 1 aromatic carbocycles. The van der Waals surface area contributed by atoms with Crippen LogP contribution in [0.3, 0.4) is 0 Å². The van der Waals surface area contributed by atoms with Gasteiger partial charge in [0.2, 0.25) is 5.91 Å².